The Labute approximate surface area is 124 Å². The van der Waals surface area contributed by atoms with Crippen molar-refractivity contribution < 1.29 is 13.2 Å². The van der Waals surface area contributed by atoms with Gasteiger partial charge in [-0.1, -0.05) is 25.4 Å². The molecule has 0 aliphatic heterocycles. The van der Waals surface area contributed by atoms with E-state index in [2.05, 4.69) is 5.32 Å². The third-order valence-electron chi connectivity index (χ3n) is 2.96. The summed E-state index contributed by atoms with van der Waals surface area (Å²) in [4.78, 5) is 11.7. The van der Waals surface area contributed by atoms with Crippen LogP contribution >= 0.6 is 11.6 Å². The molecule has 20 heavy (non-hydrogen) atoms. The number of anilines is 1. The average Bonchev–Trinajstić information content (AvgIpc) is 2.34. The Kier molecular flexibility index (Phi) is 5.83. The van der Waals surface area contributed by atoms with Gasteiger partial charge in [0.15, 0.2) is 9.84 Å². The summed E-state index contributed by atoms with van der Waals surface area (Å²) in [5.74, 6) is -1.14. The predicted octanol–water partition coefficient (Wildman–Crippen LogP) is 2.00. The number of hydrogen-bond donors (Lipinski definition) is 2. The van der Waals surface area contributed by atoms with Gasteiger partial charge in [0.05, 0.1) is 9.92 Å². The number of nitrogens with one attached hydrogen (secondary N) is 1. The molecule has 112 valence electrons. The SMILES string of the molecule is CCC(CC)NC(=O)CS(=O)(=O)c1ccc(N)cc1Cl. The molecule has 1 amide bonds. The van der Waals surface area contributed by atoms with Crippen LogP contribution in [-0.4, -0.2) is 26.1 Å². The van der Waals surface area contributed by atoms with E-state index in [0.717, 1.165) is 12.8 Å². The second kappa shape index (κ2) is 6.95. The minimum Gasteiger partial charge on any atom is -0.399 e. The first-order chi connectivity index (χ1) is 9.30. The Morgan fingerprint density at radius 1 is 1.35 bits per heavy atom. The molecule has 7 heteroatoms. The summed E-state index contributed by atoms with van der Waals surface area (Å²) in [6.07, 6.45) is 1.51. The van der Waals surface area contributed by atoms with Gasteiger partial charge in [-0.2, -0.15) is 0 Å². The van der Waals surface area contributed by atoms with Gasteiger partial charge in [-0.3, -0.25) is 4.79 Å². The number of nitrogens with two attached hydrogens (primary N) is 1. The standard InChI is InChI=1S/C13H19ClN2O3S/c1-3-10(4-2)16-13(17)8-20(18,19)12-6-5-9(15)7-11(12)14/h5-7,10H,3-4,8,15H2,1-2H3,(H,16,17). The van der Waals surface area contributed by atoms with Crippen molar-refractivity contribution in [2.24, 2.45) is 0 Å². The number of nitrogen functional groups attached to an aromatic ring is 1. The summed E-state index contributed by atoms with van der Waals surface area (Å²) in [6, 6.07) is 4.10. The average molecular weight is 319 g/mol. The van der Waals surface area contributed by atoms with Crippen LogP contribution in [0.25, 0.3) is 0 Å². The lowest BCUT2D eigenvalue weighted by Crippen LogP contribution is -2.37. The number of amides is 1. The summed E-state index contributed by atoms with van der Waals surface area (Å²) in [6.45, 7) is 3.86. The zero-order valence-electron chi connectivity index (χ0n) is 11.5. The molecule has 0 saturated heterocycles. The number of carbonyl (C=O) groups is 1. The normalized spacial score (nSPS) is 11.6. The Morgan fingerprint density at radius 3 is 2.45 bits per heavy atom. The lowest BCUT2D eigenvalue weighted by Gasteiger charge is -2.15. The van der Waals surface area contributed by atoms with Crippen molar-refractivity contribution in [1.29, 1.82) is 0 Å². The van der Waals surface area contributed by atoms with Gasteiger partial charge in [-0.05, 0) is 31.0 Å². The molecule has 0 aliphatic carbocycles. The first-order valence-corrected chi connectivity index (χ1v) is 8.40. The Balaban J connectivity index is 2.87. The highest BCUT2D eigenvalue weighted by molar-refractivity contribution is 7.92. The highest BCUT2D eigenvalue weighted by atomic mass is 35.5. The summed E-state index contributed by atoms with van der Waals surface area (Å²) < 4.78 is 24.3. The Morgan fingerprint density at radius 2 is 1.95 bits per heavy atom. The van der Waals surface area contributed by atoms with Crippen molar-refractivity contribution in [2.45, 2.75) is 37.6 Å². The molecular formula is C13H19ClN2O3S. The van der Waals surface area contributed by atoms with Gasteiger partial charge in [0.25, 0.3) is 0 Å². The lowest BCUT2D eigenvalue weighted by atomic mass is 10.2. The van der Waals surface area contributed by atoms with Crippen LogP contribution < -0.4 is 11.1 Å². The minimum absolute atomic E-state index is 0.0143. The lowest BCUT2D eigenvalue weighted by molar-refractivity contribution is -0.119. The van der Waals surface area contributed by atoms with E-state index in [-0.39, 0.29) is 16.0 Å². The van der Waals surface area contributed by atoms with E-state index < -0.39 is 21.5 Å². The molecule has 0 heterocycles. The van der Waals surface area contributed by atoms with Gasteiger partial charge in [0, 0.05) is 11.7 Å². The summed E-state index contributed by atoms with van der Waals surface area (Å²) in [5, 5.41) is 2.72. The number of benzene rings is 1. The second-order valence-electron chi connectivity index (χ2n) is 4.53. The zero-order chi connectivity index (χ0) is 15.3. The molecule has 0 fully saturated rings. The maximum absolute atomic E-state index is 12.1. The van der Waals surface area contributed by atoms with E-state index in [9.17, 15) is 13.2 Å². The fourth-order valence-corrected chi connectivity index (χ4v) is 3.54. The van der Waals surface area contributed by atoms with Crippen LogP contribution in [-0.2, 0) is 14.6 Å². The molecule has 5 nitrogen and oxygen atoms in total. The Hall–Kier alpha value is -1.27. The van der Waals surface area contributed by atoms with Crippen molar-refractivity contribution >= 4 is 33.0 Å². The van der Waals surface area contributed by atoms with Crippen molar-refractivity contribution in [1.82, 2.24) is 5.32 Å². The molecule has 0 unspecified atom stereocenters. The summed E-state index contributed by atoms with van der Waals surface area (Å²) in [5.41, 5.74) is 5.89. The molecule has 0 bridgehead atoms. The number of sulfone groups is 1. The number of rotatable bonds is 6. The highest BCUT2D eigenvalue weighted by Gasteiger charge is 2.23. The molecular weight excluding hydrogens is 300 g/mol. The topological polar surface area (TPSA) is 89.3 Å². The van der Waals surface area contributed by atoms with Gasteiger partial charge in [-0.15, -0.1) is 0 Å². The number of carbonyl (C=O) groups excluding carboxylic acids is 1. The molecule has 0 radical (unpaired) electrons. The van der Waals surface area contributed by atoms with Crippen molar-refractivity contribution in [3.8, 4) is 0 Å². The van der Waals surface area contributed by atoms with Crippen molar-refractivity contribution in [2.75, 3.05) is 11.5 Å². The quantitative estimate of drug-likeness (QED) is 0.785. The van der Waals surface area contributed by atoms with E-state index in [1.54, 1.807) is 0 Å². The third-order valence-corrected chi connectivity index (χ3v) is 5.06. The van der Waals surface area contributed by atoms with Crippen molar-refractivity contribution in [3.63, 3.8) is 0 Å². The van der Waals surface area contributed by atoms with Crippen LogP contribution in [0.3, 0.4) is 0 Å². The summed E-state index contributed by atoms with van der Waals surface area (Å²) in [7, 11) is -3.77. The smallest absolute Gasteiger partial charge is 0.235 e. The number of hydrogen-bond acceptors (Lipinski definition) is 4. The second-order valence-corrected chi connectivity index (χ2v) is 6.90. The monoisotopic (exact) mass is 318 g/mol. The fourth-order valence-electron chi connectivity index (χ4n) is 1.78. The maximum Gasteiger partial charge on any atom is 0.235 e. The Bertz CT molecular complexity index is 583. The van der Waals surface area contributed by atoms with E-state index in [1.807, 2.05) is 13.8 Å². The van der Waals surface area contributed by atoms with E-state index in [0.29, 0.717) is 5.69 Å². The molecule has 1 rings (SSSR count). The zero-order valence-corrected chi connectivity index (χ0v) is 13.1. The van der Waals surface area contributed by atoms with Gasteiger partial charge < -0.3 is 11.1 Å². The van der Waals surface area contributed by atoms with Crippen LogP contribution in [0, 0.1) is 0 Å². The van der Waals surface area contributed by atoms with E-state index in [1.165, 1.54) is 18.2 Å². The molecule has 0 spiro atoms. The highest BCUT2D eigenvalue weighted by Crippen LogP contribution is 2.24. The van der Waals surface area contributed by atoms with E-state index >= 15 is 0 Å². The molecule has 1 aromatic rings. The van der Waals surface area contributed by atoms with Crippen LogP contribution in [0.15, 0.2) is 23.1 Å². The number of halogens is 1. The summed E-state index contributed by atoms with van der Waals surface area (Å²) >= 11 is 5.87. The van der Waals surface area contributed by atoms with E-state index in [4.69, 9.17) is 17.3 Å². The maximum atomic E-state index is 12.1. The van der Waals surface area contributed by atoms with Crippen LogP contribution in [0.5, 0.6) is 0 Å². The minimum atomic E-state index is -3.77. The molecule has 0 aromatic heterocycles. The van der Waals surface area contributed by atoms with Gasteiger partial charge in [0.1, 0.15) is 5.75 Å². The first kappa shape index (κ1) is 16.8. The third kappa shape index (κ3) is 4.38. The largest absolute Gasteiger partial charge is 0.399 e. The predicted molar refractivity (Wildman–Crippen MR) is 80.4 cm³/mol. The van der Waals surface area contributed by atoms with Crippen LogP contribution in [0.2, 0.25) is 5.02 Å². The molecule has 0 aliphatic rings. The van der Waals surface area contributed by atoms with Crippen molar-refractivity contribution in [3.05, 3.63) is 23.2 Å². The van der Waals surface area contributed by atoms with Gasteiger partial charge in [0.2, 0.25) is 5.91 Å². The van der Waals surface area contributed by atoms with Crippen LogP contribution in [0.1, 0.15) is 26.7 Å². The van der Waals surface area contributed by atoms with Gasteiger partial charge in [-0.25, -0.2) is 8.42 Å². The molecule has 0 saturated carbocycles. The molecule has 1 aromatic carbocycles. The molecule has 3 N–H and O–H groups in total. The van der Waals surface area contributed by atoms with Gasteiger partial charge >= 0.3 is 0 Å². The molecule has 0 atom stereocenters. The first-order valence-electron chi connectivity index (χ1n) is 6.37. The van der Waals surface area contributed by atoms with Crippen LogP contribution in [0.4, 0.5) is 5.69 Å². The fraction of sp³-hybridized carbons (Fsp3) is 0.462.